The zero-order valence-corrected chi connectivity index (χ0v) is 11.5. The summed E-state index contributed by atoms with van der Waals surface area (Å²) in [5, 5.41) is 13.8. The smallest absolute Gasteiger partial charge is 0.319 e. The summed E-state index contributed by atoms with van der Waals surface area (Å²) >= 11 is 0. The highest BCUT2D eigenvalue weighted by molar-refractivity contribution is 5.89. The normalized spacial score (nSPS) is 10.3. The molecule has 5 heteroatoms. The van der Waals surface area contributed by atoms with Gasteiger partial charge in [-0.25, -0.2) is 4.79 Å². The lowest BCUT2D eigenvalue weighted by Gasteiger charge is -2.09. The van der Waals surface area contributed by atoms with E-state index in [-0.39, 0.29) is 19.2 Å². The number of carbonyl (C=O) groups is 1. The van der Waals surface area contributed by atoms with Gasteiger partial charge in [0.2, 0.25) is 0 Å². The van der Waals surface area contributed by atoms with Gasteiger partial charge in [-0.05, 0) is 36.6 Å². The Labute approximate surface area is 114 Å². The van der Waals surface area contributed by atoms with Crippen LogP contribution in [0.3, 0.4) is 0 Å². The van der Waals surface area contributed by atoms with Crippen LogP contribution in [0, 0.1) is 5.92 Å². The highest BCUT2D eigenvalue weighted by atomic mass is 16.5. The third kappa shape index (κ3) is 6.67. The first-order valence-corrected chi connectivity index (χ1v) is 6.50. The number of aliphatic hydroxyl groups is 1. The van der Waals surface area contributed by atoms with Crippen molar-refractivity contribution in [2.75, 3.05) is 25.1 Å². The zero-order valence-electron chi connectivity index (χ0n) is 11.5. The number of anilines is 1. The van der Waals surface area contributed by atoms with Crippen LogP contribution in [-0.2, 0) is 0 Å². The fraction of sp³-hybridized carbons (Fsp3) is 0.500. The summed E-state index contributed by atoms with van der Waals surface area (Å²) in [4.78, 5) is 11.3. The Hall–Kier alpha value is -1.75. The zero-order chi connectivity index (χ0) is 14.1. The predicted octanol–water partition coefficient (Wildman–Crippen LogP) is 2.23. The lowest BCUT2D eigenvalue weighted by atomic mass is 10.1. The maximum atomic E-state index is 11.3. The molecule has 106 valence electrons. The van der Waals surface area contributed by atoms with Gasteiger partial charge in [-0.15, -0.1) is 0 Å². The Morgan fingerprint density at radius 3 is 2.58 bits per heavy atom. The molecule has 0 heterocycles. The van der Waals surface area contributed by atoms with Crippen LogP contribution in [0.5, 0.6) is 5.75 Å². The fourth-order valence-electron chi connectivity index (χ4n) is 1.39. The van der Waals surface area contributed by atoms with Crippen molar-refractivity contribution in [2.24, 2.45) is 5.92 Å². The minimum atomic E-state index is -0.331. The van der Waals surface area contributed by atoms with Crippen molar-refractivity contribution in [3.8, 4) is 5.75 Å². The van der Waals surface area contributed by atoms with Crippen molar-refractivity contribution in [1.82, 2.24) is 5.32 Å². The maximum Gasteiger partial charge on any atom is 0.319 e. The van der Waals surface area contributed by atoms with E-state index in [1.165, 1.54) is 0 Å². The number of carbonyl (C=O) groups excluding carboxylic acids is 1. The van der Waals surface area contributed by atoms with E-state index in [2.05, 4.69) is 24.5 Å². The SMILES string of the molecule is CC(C)CCOc1ccc(NC(=O)NCCO)cc1. The van der Waals surface area contributed by atoms with Gasteiger partial charge in [-0.1, -0.05) is 13.8 Å². The number of benzene rings is 1. The van der Waals surface area contributed by atoms with E-state index in [0.29, 0.717) is 18.2 Å². The Bertz CT molecular complexity index is 377. The lowest BCUT2D eigenvalue weighted by Crippen LogP contribution is -2.30. The minimum Gasteiger partial charge on any atom is -0.494 e. The van der Waals surface area contributed by atoms with Gasteiger partial charge in [0.15, 0.2) is 0 Å². The van der Waals surface area contributed by atoms with Gasteiger partial charge in [-0.2, -0.15) is 0 Å². The molecule has 1 aromatic rings. The Morgan fingerprint density at radius 2 is 2.00 bits per heavy atom. The van der Waals surface area contributed by atoms with E-state index in [1.54, 1.807) is 12.1 Å². The van der Waals surface area contributed by atoms with Crippen LogP contribution in [0.1, 0.15) is 20.3 Å². The van der Waals surface area contributed by atoms with Crippen LogP contribution in [0.4, 0.5) is 10.5 Å². The number of hydrogen-bond donors (Lipinski definition) is 3. The van der Waals surface area contributed by atoms with Crippen molar-refractivity contribution in [3.05, 3.63) is 24.3 Å². The van der Waals surface area contributed by atoms with Gasteiger partial charge >= 0.3 is 6.03 Å². The molecular weight excluding hydrogens is 244 g/mol. The quantitative estimate of drug-likeness (QED) is 0.708. The molecular formula is C14H22N2O3. The number of urea groups is 1. The minimum absolute atomic E-state index is 0.0734. The van der Waals surface area contributed by atoms with Gasteiger partial charge in [-0.3, -0.25) is 0 Å². The van der Waals surface area contributed by atoms with E-state index in [4.69, 9.17) is 9.84 Å². The number of ether oxygens (including phenoxy) is 1. The van der Waals surface area contributed by atoms with Crippen molar-refractivity contribution in [3.63, 3.8) is 0 Å². The second-order valence-corrected chi connectivity index (χ2v) is 4.66. The highest BCUT2D eigenvalue weighted by Crippen LogP contribution is 2.16. The van der Waals surface area contributed by atoms with Crippen molar-refractivity contribution >= 4 is 11.7 Å². The van der Waals surface area contributed by atoms with Crippen molar-refractivity contribution in [1.29, 1.82) is 0 Å². The number of rotatable bonds is 7. The van der Waals surface area contributed by atoms with Crippen LogP contribution >= 0.6 is 0 Å². The summed E-state index contributed by atoms with van der Waals surface area (Å²) < 4.78 is 5.58. The summed E-state index contributed by atoms with van der Waals surface area (Å²) in [5.74, 6) is 1.41. The summed E-state index contributed by atoms with van der Waals surface area (Å²) in [6.07, 6.45) is 1.02. The molecule has 3 N–H and O–H groups in total. The highest BCUT2D eigenvalue weighted by Gasteiger charge is 2.01. The average molecular weight is 266 g/mol. The molecule has 5 nitrogen and oxygen atoms in total. The molecule has 0 unspecified atom stereocenters. The second-order valence-electron chi connectivity index (χ2n) is 4.66. The lowest BCUT2D eigenvalue weighted by molar-refractivity contribution is 0.245. The summed E-state index contributed by atoms with van der Waals surface area (Å²) in [7, 11) is 0. The molecule has 0 aliphatic heterocycles. The van der Waals surface area contributed by atoms with Crippen LogP contribution < -0.4 is 15.4 Å². The molecule has 0 spiro atoms. The fourth-order valence-corrected chi connectivity index (χ4v) is 1.39. The Morgan fingerprint density at radius 1 is 1.32 bits per heavy atom. The van der Waals surface area contributed by atoms with Gasteiger partial charge in [0.05, 0.1) is 13.2 Å². The third-order valence-corrected chi connectivity index (χ3v) is 2.47. The molecule has 19 heavy (non-hydrogen) atoms. The van der Waals surface area contributed by atoms with E-state index in [1.807, 2.05) is 12.1 Å². The Kier molecular flexibility index (Phi) is 6.74. The summed E-state index contributed by atoms with van der Waals surface area (Å²) in [6, 6.07) is 6.87. The van der Waals surface area contributed by atoms with E-state index < -0.39 is 0 Å². The molecule has 2 amide bonds. The van der Waals surface area contributed by atoms with Gasteiger partial charge < -0.3 is 20.5 Å². The standard InChI is InChI=1S/C14H22N2O3/c1-11(2)7-10-19-13-5-3-12(4-6-13)16-14(18)15-8-9-17/h3-6,11,17H,7-10H2,1-2H3,(H2,15,16,18). The van der Waals surface area contributed by atoms with Crippen LogP contribution in [-0.4, -0.2) is 30.9 Å². The van der Waals surface area contributed by atoms with Crippen molar-refractivity contribution < 1.29 is 14.6 Å². The van der Waals surface area contributed by atoms with Crippen LogP contribution in [0.25, 0.3) is 0 Å². The molecule has 0 aliphatic rings. The topological polar surface area (TPSA) is 70.6 Å². The molecule has 0 saturated heterocycles. The molecule has 0 aromatic heterocycles. The average Bonchev–Trinajstić information content (AvgIpc) is 2.38. The largest absolute Gasteiger partial charge is 0.494 e. The number of aliphatic hydroxyl groups excluding tert-OH is 1. The first-order valence-electron chi connectivity index (χ1n) is 6.50. The first kappa shape index (κ1) is 15.3. The molecule has 0 fully saturated rings. The first-order chi connectivity index (χ1) is 9.11. The summed E-state index contributed by atoms with van der Waals surface area (Å²) in [5.41, 5.74) is 0.687. The molecule has 0 bridgehead atoms. The molecule has 0 radical (unpaired) electrons. The van der Waals surface area contributed by atoms with Crippen LogP contribution in [0.15, 0.2) is 24.3 Å². The molecule has 0 atom stereocenters. The predicted molar refractivity (Wildman–Crippen MR) is 75.5 cm³/mol. The van der Waals surface area contributed by atoms with Gasteiger partial charge in [0, 0.05) is 12.2 Å². The number of nitrogens with one attached hydrogen (secondary N) is 2. The molecule has 0 aliphatic carbocycles. The molecule has 1 aromatic carbocycles. The molecule has 1 rings (SSSR count). The van der Waals surface area contributed by atoms with Gasteiger partial charge in [0.1, 0.15) is 5.75 Å². The summed E-state index contributed by atoms with van der Waals surface area (Å²) in [6.45, 7) is 5.17. The third-order valence-electron chi connectivity index (χ3n) is 2.47. The Balaban J connectivity index is 2.36. The van der Waals surface area contributed by atoms with Crippen molar-refractivity contribution in [2.45, 2.75) is 20.3 Å². The number of hydrogen-bond acceptors (Lipinski definition) is 3. The molecule has 0 saturated carbocycles. The van der Waals surface area contributed by atoms with E-state index in [0.717, 1.165) is 12.2 Å². The van der Waals surface area contributed by atoms with Crippen LogP contribution in [0.2, 0.25) is 0 Å². The van der Waals surface area contributed by atoms with E-state index in [9.17, 15) is 4.79 Å². The van der Waals surface area contributed by atoms with E-state index >= 15 is 0 Å². The van der Waals surface area contributed by atoms with Gasteiger partial charge in [0.25, 0.3) is 0 Å². The maximum absolute atomic E-state index is 11.3. The monoisotopic (exact) mass is 266 g/mol. The number of amides is 2. The second kappa shape index (κ2) is 8.37.